The van der Waals surface area contributed by atoms with Crippen molar-refractivity contribution in [2.45, 2.75) is 32.1 Å². The molecule has 0 radical (unpaired) electrons. The predicted molar refractivity (Wildman–Crippen MR) is 85.4 cm³/mol. The molecule has 1 aliphatic heterocycles. The van der Waals surface area contributed by atoms with E-state index < -0.39 is 0 Å². The summed E-state index contributed by atoms with van der Waals surface area (Å²) < 4.78 is 0. The Bertz CT molecular complexity index is 539. The maximum atomic E-state index is 12.7. The molecule has 1 saturated carbocycles. The number of carbonyl (C=O) groups excluding carboxylic acids is 2. The molecule has 1 atom stereocenters. The Morgan fingerprint density at radius 1 is 1.18 bits per heavy atom. The second kappa shape index (κ2) is 6.51. The first-order valence-electron chi connectivity index (χ1n) is 8.26. The first-order valence-corrected chi connectivity index (χ1v) is 8.26. The van der Waals surface area contributed by atoms with E-state index in [-0.39, 0.29) is 17.7 Å². The lowest BCUT2D eigenvalue weighted by Crippen LogP contribution is -2.38. The molecule has 2 amide bonds. The van der Waals surface area contributed by atoms with Gasteiger partial charge in [0, 0.05) is 32.6 Å². The lowest BCUT2D eigenvalue weighted by Gasteiger charge is -2.25. The minimum atomic E-state index is -0.147. The van der Waals surface area contributed by atoms with Gasteiger partial charge in [-0.3, -0.25) is 9.59 Å². The van der Waals surface area contributed by atoms with Crippen molar-refractivity contribution < 1.29 is 9.59 Å². The molecule has 4 nitrogen and oxygen atoms in total. The van der Waals surface area contributed by atoms with E-state index >= 15 is 0 Å². The quantitative estimate of drug-likeness (QED) is 0.856. The normalized spacial score (nSPS) is 20.7. The summed E-state index contributed by atoms with van der Waals surface area (Å²) in [6.07, 6.45) is 2.95. The molecule has 1 aromatic rings. The number of nitrogens with zero attached hydrogens (tertiary/aromatic N) is 2. The summed E-state index contributed by atoms with van der Waals surface area (Å²) in [7, 11) is 0. The summed E-state index contributed by atoms with van der Waals surface area (Å²) in [5, 5.41) is 0. The summed E-state index contributed by atoms with van der Waals surface area (Å²) in [4.78, 5) is 28.7. The van der Waals surface area contributed by atoms with Gasteiger partial charge in [0.2, 0.25) is 11.8 Å². The molecule has 4 heteroatoms. The monoisotopic (exact) mass is 300 g/mol. The van der Waals surface area contributed by atoms with Crippen LogP contribution in [0.2, 0.25) is 0 Å². The topological polar surface area (TPSA) is 40.6 Å². The van der Waals surface area contributed by atoms with Gasteiger partial charge in [-0.15, -0.1) is 0 Å². The number of carbonyl (C=O) groups is 2. The van der Waals surface area contributed by atoms with Crippen LogP contribution in [0.4, 0.5) is 0 Å². The van der Waals surface area contributed by atoms with Gasteiger partial charge in [-0.2, -0.15) is 0 Å². The highest BCUT2D eigenvalue weighted by Gasteiger charge is 2.30. The van der Waals surface area contributed by atoms with Crippen molar-refractivity contribution in [3.05, 3.63) is 35.9 Å². The van der Waals surface area contributed by atoms with Gasteiger partial charge in [0.1, 0.15) is 0 Å². The average molecular weight is 300 g/mol. The van der Waals surface area contributed by atoms with E-state index in [9.17, 15) is 9.59 Å². The molecule has 1 heterocycles. The fourth-order valence-electron chi connectivity index (χ4n) is 3.05. The molecule has 1 saturated heterocycles. The van der Waals surface area contributed by atoms with Gasteiger partial charge in [0.05, 0.1) is 5.92 Å². The first kappa shape index (κ1) is 15.1. The lowest BCUT2D eigenvalue weighted by molar-refractivity contribution is -0.132. The molecule has 1 unspecified atom stereocenters. The van der Waals surface area contributed by atoms with E-state index in [0.717, 1.165) is 12.1 Å². The van der Waals surface area contributed by atoms with Crippen LogP contribution >= 0.6 is 0 Å². The van der Waals surface area contributed by atoms with Crippen LogP contribution in [0.15, 0.2) is 30.3 Å². The molecule has 0 spiro atoms. The Morgan fingerprint density at radius 3 is 2.59 bits per heavy atom. The highest BCUT2D eigenvalue weighted by Crippen LogP contribution is 2.30. The van der Waals surface area contributed by atoms with Crippen LogP contribution in [0.5, 0.6) is 0 Å². The fourth-order valence-corrected chi connectivity index (χ4v) is 3.05. The second-order valence-electron chi connectivity index (χ2n) is 6.49. The molecule has 0 bridgehead atoms. The number of benzene rings is 1. The van der Waals surface area contributed by atoms with Crippen LogP contribution in [0.25, 0.3) is 0 Å². The molecular formula is C18H24N2O2. The average Bonchev–Trinajstić information content (AvgIpc) is 3.37. The van der Waals surface area contributed by atoms with E-state index in [2.05, 4.69) is 0 Å². The van der Waals surface area contributed by atoms with Gasteiger partial charge >= 0.3 is 0 Å². The summed E-state index contributed by atoms with van der Waals surface area (Å²) in [6, 6.07) is 9.86. The van der Waals surface area contributed by atoms with Crippen LogP contribution in [0.1, 0.15) is 37.7 Å². The molecule has 0 N–H and O–H groups in total. The fraction of sp³-hybridized carbons (Fsp3) is 0.556. The first-order chi connectivity index (χ1) is 10.6. The smallest absolute Gasteiger partial charge is 0.229 e. The van der Waals surface area contributed by atoms with Crippen molar-refractivity contribution in [1.82, 2.24) is 9.80 Å². The molecule has 3 rings (SSSR count). The van der Waals surface area contributed by atoms with Gasteiger partial charge in [0.25, 0.3) is 0 Å². The van der Waals surface area contributed by atoms with Crippen molar-refractivity contribution >= 4 is 11.8 Å². The van der Waals surface area contributed by atoms with Gasteiger partial charge in [-0.25, -0.2) is 0 Å². The maximum Gasteiger partial charge on any atom is 0.229 e. The Labute approximate surface area is 132 Å². The summed E-state index contributed by atoms with van der Waals surface area (Å²) in [5.41, 5.74) is 1.04. The van der Waals surface area contributed by atoms with Crippen molar-refractivity contribution in [2.75, 3.05) is 26.2 Å². The molecule has 2 fully saturated rings. The van der Waals surface area contributed by atoms with Crippen LogP contribution in [-0.2, 0) is 9.59 Å². The molecule has 1 aromatic carbocycles. The van der Waals surface area contributed by atoms with E-state index in [0.29, 0.717) is 32.0 Å². The van der Waals surface area contributed by atoms with E-state index in [1.165, 1.54) is 12.8 Å². The van der Waals surface area contributed by atoms with Crippen molar-refractivity contribution in [2.24, 2.45) is 5.92 Å². The molecular weight excluding hydrogens is 276 g/mol. The zero-order valence-corrected chi connectivity index (χ0v) is 13.2. The number of hydrogen-bond donors (Lipinski definition) is 0. The molecule has 22 heavy (non-hydrogen) atoms. The third kappa shape index (κ3) is 3.49. The highest BCUT2D eigenvalue weighted by molar-refractivity contribution is 5.84. The van der Waals surface area contributed by atoms with Crippen LogP contribution in [0.3, 0.4) is 0 Å². The van der Waals surface area contributed by atoms with Crippen molar-refractivity contribution in [1.29, 1.82) is 0 Å². The van der Waals surface area contributed by atoms with Gasteiger partial charge in [-0.1, -0.05) is 30.3 Å². The molecule has 2 aliphatic rings. The Morgan fingerprint density at radius 2 is 1.91 bits per heavy atom. The lowest BCUT2D eigenvalue weighted by atomic mass is 10.00. The van der Waals surface area contributed by atoms with Gasteiger partial charge in [-0.05, 0) is 31.2 Å². The Kier molecular flexibility index (Phi) is 4.46. The minimum Gasteiger partial charge on any atom is -0.341 e. The molecule has 118 valence electrons. The highest BCUT2D eigenvalue weighted by atomic mass is 16.2. The number of amides is 2. The molecule has 1 aliphatic carbocycles. The second-order valence-corrected chi connectivity index (χ2v) is 6.49. The number of rotatable bonds is 4. The third-order valence-electron chi connectivity index (χ3n) is 4.75. The number of hydrogen-bond acceptors (Lipinski definition) is 2. The van der Waals surface area contributed by atoms with Crippen molar-refractivity contribution in [3.8, 4) is 0 Å². The third-order valence-corrected chi connectivity index (χ3v) is 4.75. The zero-order valence-electron chi connectivity index (χ0n) is 13.2. The maximum absolute atomic E-state index is 12.7. The summed E-state index contributed by atoms with van der Waals surface area (Å²) in [6.45, 7) is 4.73. The van der Waals surface area contributed by atoms with Gasteiger partial charge < -0.3 is 9.80 Å². The SMILES string of the molecule is CC(C(=O)N1CCC(=O)N(CC2CC2)CC1)c1ccccc1. The Balaban J connectivity index is 1.62. The zero-order chi connectivity index (χ0) is 15.5. The summed E-state index contributed by atoms with van der Waals surface area (Å²) in [5.74, 6) is 0.891. The summed E-state index contributed by atoms with van der Waals surface area (Å²) >= 11 is 0. The standard InChI is InChI=1S/C18H24N2O2/c1-14(16-5-3-2-4-6-16)18(22)19-10-9-17(21)20(12-11-19)13-15-7-8-15/h2-6,14-15H,7-13H2,1H3. The van der Waals surface area contributed by atoms with E-state index in [1.54, 1.807) is 0 Å². The van der Waals surface area contributed by atoms with E-state index in [4.69, 9.17) is 0 Å². The largest absolute Gasteiger partial charge is 0.341 e. The Hall–Kier alpha value is -1.84. The van der Waals surface area contributed by atoms with Gasteiger partial charge in [0.15, 0.2) is 0 Å². The van der Waals surface area contributed by atoms with Crippen LogP contribution in [-0.4, -0.2) is 47.8 Å². The predicted octanol–water partition coefficient (Wildman–Crippen LogP) is 2.26. The van der Waals surface area contributed by atoms with E-state index in [1.807, 2.05) is 47.1 Å². The van der Waals surface area contributed by atoms with Crippen LogP contribution < -0.4 is 0 Å². The van der Waals surface area contributed by atoms with Crippen LogP contribution in [0, 0.1) is 5.92 Å². The van der Waals surface area contributed by atoms with Crippen molar-refractivity contribution in [3.63, 3.8) is 0 Å². The minimum absolute atomic E-state index is 0.132. The molecule has 0 aromatic heterocycles.